The first kappa shape index (κ1) is 66.7. The highest BCUT2D eigenvalue weighted by Gasteiger charge is 2.44. The van der Waals surface area contributed by atoms with Gasteiger partial charge in [0.25, 0.3) is 17.7 Å². The van der Waals surface area contributed by atoms with Crippen molar-refractivity contribution in [2.45, 2.75) is 116 Å². The van der Waals surface area contributed by atoms with E-state index in [0.29, 0.717) is 164 Å². The average Bonchev–Trinajstić information content (AvgIpc) is 1.59. The molecule has 5 saturated heterocycles. The molecule has 0 aromatic heterocycles. The highest BCUT2D eigenvalue weighted by molar-refractivity contribution is 6.29. The van der Waals surface area contributed by atoms with Crippen LogP contribution in [0.5, 0.6) is 0 Å². The van der Waals surface area contributed by atoms with E-state index < -0.39 is 43.1 Å². The summed E-state index contributed by atoms with van der Waals surface area (Å²) in [5.41, 5.74) is 13.5. The molecule has 3 atom stereocenters. The summed E-state index contributed by atoms with van der Waals surface area (Å²) in [5.74, 6) is -2.09. The molecular formula is C93H93FN10O7. The number of halogens is 1. The van der Waals surface area contributed by atoms with Gasteiger partial charge in [-0.3, -0.25) is 58.2 Å². The van der Waals surface area contributed by atoms with Gasteiger partial charge in [-0.25, -0.2) is 4.39 Å². The Morgan fingerprint density at radius 1 is 0.414 bits per heavy atom. The first-order valence-corrected chi connectivity index (χ1v) is 37.9. The lowest BCUT2D eigenvalue weighted by Gasteiger charge is -2.32. The number of anilines is 3. The smallest absolute Gasteiger partial charge is 0.259 e. The number of benzene rings is 10. The van der Waals surface area contributed by atoms with Crippen LogP contribution in [0.3, 0.4) is 0 Å². The van der Waals surface area contributed by atoms with Gasteiger partial charge in [0.2, 0.25) is 17.7 Å². The molecule has 3 N–H and O–H groups in total. The lowest BCUT2D eigenvalue weighted by Crippen LogP contribution is -2.51. The third kappa shape index (κ3) is 14.7. The van der Waals surface area contributed by atoms with Gasteiger partial charge in [-0.15, -0.1) is 0 Å². The largest absolute Gasteiger partial charge is 0.379 e. The van der Waals surface area contributed by atoms with E-state index in [9.17, 15) is 28.8 Å². The van der Waals surface area contributed by atoms with Gasteiger partial charge < -0.3 is 25.6 Å². The molecule has 5 fully saturated rings. The molecule has 18 heteroatoms. The SMILES string of the molecule is C.[2H]C([2H])(c1ccc(CN2CCN(C)CC2)cc1)c1ccc2c3c(cccc13)C(=O)N2C1CCC(=C)NC1=O.[2H]C([2H])(c1ccc(CN2CCOCC2)cc1F)c1ccc2c3c(cccc13)C(=O)N2C1CCC(=C)NC1=O.[2H]C([2H])(c1ccc(CN2Cc3ccccc3C2)cc1)c1ccc2c3c(cccc13)C(=O)N2C1CCC(=C)NC1=O. The average molecular weight is 1490 g/mol. The predicted molar refractivity (Wildman–Crippen MR) is 436 cm³/mol. The third-order valence-electron chi connectivity index (χ3n) is 22.7. The summed E-state index contributed by atoms with van der Waals surface area (Å²) in [4.78, 5) is 92.7. The van der Waals surface area contributed by atoms with Crippen molar-refractivity contribution in [3.63, 3.8) is 0 Å². The van der Waals surface area contributed by atoms with E-state index in [-0.39, 0.29) is 54.0 Å². The number of rotatable bonds is 15. The second-order valence-electron chi connectivity index (χ2n) is 30.0. The van der Waals surface area contributed by atoms with Crippen molar-refractivity contribution < 1.29 is 46.1 Å². The third-order valence-corrected chi connectivity index (χ3v) is 22.7. The molecule has 9 heterocycles. The lowest BCUT2D eigenvalue weighted by molar-refractivity contribution is -0.123. The molecule has 0 radical (unpaired) electrons. The van der Waals surface area contributed by atoms with Gasteiger partial charge >= 0.3 is 0 Å². The summed E-state index contributed by atoms with van der Waals surface area (Å²) < 4.78 is 75.4. The van der Waals surface area contributed by atoms with Crippen molar-refractivity contribution in [3.05, 3.63) is 303 Å². The monoisotopic (exact) mass is 1490 g/mol. The van der Waals surface area contributed by atoms with Crippen LogP contribution in [0, 0.1) is 5.82 Å². The zero-order valence-corrected chi connectivity index (χ0v) is 61.5. The topological polar surface area (TPSA) is 170 Å². The van der Waals surface area contributed by atoms with E-state index in [1.54, 1.807) is 94.7 Å². The number of ether oxygens (including phenoxy) is 1. The molecule has 10 aromatic rings. The highest BCUT2D eigenvalue weighted by Crippen LogP contribution is 2.46. The molecule has 3 unspecified atom stereocenters. The molecule has 6 amide bonds. The van der Waals surface area contributed by atoms with Gasteiger partial charge in [0, 0.05) is 137 Å². The summed E-state index contributed by atoms with van der Waals surface area (Å²) in [7, 11) is 2.14. The molecule has 9 aliphatic rings. The number of nitrogens with zero attached hydrogens (tertiary/aromatic N) is 7. The van der Waals surface area contributed by atoms with Crippen LogP contribution >= 0.6 is 0 Å². The maximum Gasteiger partial charge on any atom is 0.259 e. The fourth-order valence-electron chi connectivity index (χ4n) is 17.0. The molecule has 564 valence electrons. The molecule has 17 nitrogen and oxygen atoms in total. The van der Waals surface area contributed by atoms with E-state index in [1.807, 2.05) is 60.7 Å². The van der Waals surface area contributed by atoms with Crippen molar-refractivity contribution in [2.75, 3.05) is 74.2 Å². The van der Waals surface area contributed by atoms with Crippen molar-refractivity contribution in [3.8, 4) is 0 Å². The zero-order chi connectivity index (χ0) is 80.8. The van der Waals surface area contributed by atoms with Crippen LogP contribution in [0.25, 0.3) is 32.3 Å². The van der Waals surface area contributed by atoms with Gasteiger partial charge in [0.1, 0.15) is 23.9 Å². The number of hydrogen-bond donors (Lipinski definition) is 3. The number of allylic oxidation sites excluding steroid dienone is 3. The molecule has 9 aliphatic heterocycles. The van der Waals surface area contributed by atoms with Crippen molar-refractivity contribution in [2.24, 2.45) is 0 Å². The van der Waals surface area contributed by atoms with Gasteiger partial charge in [0.15, 0.2) is 0 Å². The number of likely N-dealkylation sites (N-methyl/N-ethyl adjacent to an activating group) is 1. The normalized spacial score (nSPS) is 21.0. The van der Waals surface area contributed by atoms with Crippen LogP contribution in [0.15, 0.2) is 219 Å². The molecule has 0 spiro atoms. The number of carbonyl (C=O) groups excluding carboxylic acids is 6. The predicted octanol–water partition coefficient (Wildman–Crippen LogP) is 14.4. The van der Waals surface area contributed by atoms with Crippen LogP contribution < -0.4 is 30.7 Å². The van der Waals surface area contributed by atoms with Gasteiger partial charge in [-0.1, -0.05) is 167 Å². The van der Waals surface area contributed by atoms with Crippen LogP contribution in [-0.2, 0) is 71.0 Å². The maximum absolute atomic E-state index is 15.4. The Hall–Kier alpha value is -11.3. The quantitative estimate of drug-likeness (QED) is 0.0892. The minimum Gasteiger partial charge on any atom is -0.379 e. The molecule has 111 heavy (non-hydrogen) atoms. The molecular weight excluding hydrogens is 1390 g/mol. The summed E-state index contributed by atoms with van der Waals surface area (Å²) >= 11 is 0. The minimum absolute atomic E-state index is 0. The Bertz CT molecular complexity index is 5720. The Kier molecular flexibility index (Phi) is 18.8. The van der Waals surface area contributed by atoms with Crippen molar-refractivity contribution >= 4 is 84.8 Å². The number of morpholine rings is 1. The number of amides is 6. The summed E-state index contributed by atoms with van der Waals surface area (Å²) in [5, 5.41) is 12.2. The zero-order valence-electron chi connectivity index (χ0n) is 67.5. The molecule has 0 saturated carbocycles. The van der Waals surface area contributed by atoms with E-state index in [4.69, 9.17) is 13.0 Å². The van der Waals surface area contributed by atoms with Crippen LogP contribution in [-0.4, -0.2) is 133 Å². The van der Waals surface area contributed by atoms with Crippen LogP contribution in [0.4, 0.5) is 21.5 Å². The Balaban J connectivity index is 0.000000131. The molecule has 0 bridgehead atoms. The number of fused-ring (bicyclic) bond motifs is 1. The Morgan fingerprint density at radius 2 is 0.775 bits per heavy atom. The second-order valence-corrected chi connectivity index (χ2v) is 30.0. The van der Waals surface area contributed by atoms with Crippen molar-refractivity contribution in [1.82, 2.24) is 35.6 Å². The number of carbonyl (C=O) groups is 6. The fourth-order valence-corrected chi connectivity index (χ4v) is 17.0. The molecule has 10 aromatic carbocycles. The second kappa shape index (κ2) is 31.3. The van der Waals surface area contributed by atoms with Crippen molar-refractivity contribution in [1.29, 1.82) is 0 Å². The Labute approximate surface area is 656 Å². The Morgan fingerprint density at radius 3 is 1.18 bits per heavy atom. The van der Waals surface area contributed by atoms with E-state index in [2.05, 4.69) is 86.6 Å². The number of nitrogens with one attached hydrogen (secondary N) is 3. The molecule has 19 rings (SSSR count). The van der Waals surface area contributed by atoms with E-state index >= 15 is 4.39 Å². The first-order chi connectivity index (χ1) is 55.8. The standard InChI is InChI=1S/C33H29N3O2.C30H32N4O2.C29H28FN3O3.CH4/c1-21-9-15-30(32(37)34-21)36-29-16-14-24(27-7-4-8-28(31(27)29)33(36)38)17-22-10-12-23(13-11-22)18-35-19-25-5-2-3-6-26(25)20-35;1-20-6-12-27(29(35)31-20)34-26-13-11-23(24-4-3-5-25(28(24)26)30(34)36)18-21-7-9-22(10-8-21)19-33-16-14-32(2)15-17-33;1-18-5-9-26(28(34)31-18)33-25-10-8-20(22-3-2-4-23(27(22)25)29(33)35)16-21-7-6-19(15-24(21)30)17-32-11-13-36-14-12-32;/h2-8,10-14,16,30H,1,9,15,17-20H2,(H,34,37);3-5,7-11,13,27H,1,6,12,14-19H2,2H3,(H,31,35);2-4,6-8,10,15,26H,1,5,9,11-14,16-17H2,(H,31,34);1H4/i17D2;18D2;16D2;. The number of hydrogen-bond acceptors (Lipinski definition) is 11. The molecule has 0 aliphatic carbocycles. The first-order valence-electron chi connectivity index (χ1n) is 40.9. The number of piperazine rings is 1. The van der Waals surface area contributed by atoms with E-state index in [1.165, 1.54) is 33.7 Å². The van der Waals surface area contributed by atoms with Crippen LogP contribution in [0.2, 0.25) is 0 Å². The van der Waals surface area contributed by atoms with Crippen LogP contribution in [0.1, 0.15) is 146 Å². The summed E-state index contributed by atoms with van der Waals surface area (Å²) in [6.45, 7) is 22.6. The minimum atomic E-state index is -2.16. The fraction of sp³-hybridized carbons (Fsp3) is 0.290. The van der Waals surface area contributed by atoms with Gasteiger partial charge in [-0.05, 0) is 178 Å². The summed E-state index contributed by atoms with van der Waals surface area (Å²) in [6.07, 6.45) is -2.44. The van der Waals surface area contributed by atoms with Gasteiger partial charge in [-0.2, -0.15) is 0 Å². The lowest BCUT2D eigenvalue weighted by atomic mass is 9.95. The summed E-state index contributed by atoms with van der Waals surface area (Å²) in [6, 6.07) is 53.3. The number of piperidine rings is 3. The van der Waals surface area contributed by atoms with E-state index in [0.717, 1.165) is 76.6 Å². The maximum atomic E-state index is 15.4. The highest BCUT2D eigenvalue weighted by atomic mass is 19.1. The van der Waals surface area contributed by atoms with Gasteiger partial charge in [0.05, 0.1) is 30.3 Å².